The summed E-state index contributed by atoms with van der Waals surface area (Å²) in [7, 11) is 1.75. The van der Waals surface area contributed by atoms with Gasteiger partial charge in [-0.1, -0.05) is 86.7 Å². The van der Waals surface area contributed by atoms with Crippen molar-refractivity contribution in [2.75, 3.05) is 56.3 Å². The second-order valence-electron chi connectivity index (χ2n) is 14.9. The standard InChI is InChI=1S/C45H44N2O4/c1-44(2)38-14-8-7-13-34(38)41-36-26-39(47-21-9-10-30(28-47)29-48)40(49-3)27-37(36)43-35(42(41)44)19-20-45(51-43,31-11-5-4-6-12-31)32-15-17-33(18-16-32)46-22-24-50-25-23-46/h4-8,11-20,26-27,29-30H,9-10,21-25,28H2,1-3H3. The number of benzene rings is 5. The van der Waals surface area contributed by atoms with E-state index in [1.54, 1.807) is 7.11 Å². The van der Waals surface area contributed by atoms with Gasteiger partial charge in [0.05, 0.1) is 26.0 Å². The van der Waals surface area contributed by atoms with Gasteiger partial charge in [-0.25, -0.2) is 0 Å². The molecule has 0 saturated carbocycles. The van der Waals surface area contributed by atoms with Gasteiger partial charge in [0.25, 0.3) is 0 Å². The van der Waals surface area contributed by atoms with Crippen LogP contribution in [0.15, 0.2) is 97.1 Å². The first-order valence-electron chi connectivity index (χ1n) is 18.3. The third-order valence-corrected chi connectivity index (χ3v) is 11.7. The third kappa shape index (κ3) is 4.98. The molecule has 0 N–H and O–H groups in total. The molecule has 0 spiro atoms. The van der Waals surface area contributed by atoms with E-state index in [1.807, 2.05) is 0 Å². The van der Waals surface area contributed by atoms with E-state index in [9.17, 15) is 4.79 Å². The van der Waals surface area contributed by atoms with E-state index in [4.69, 9.17) is 14.2 Å². The molecule has 2 saturated heterocycles. The summed E-state index contributed by atoms with van der Waals surface area (Å²) in [6.07, 6.45) is 7.59. The molecule has 5 aromatic carbocycles. The Morgan fingerprint density at radius 2 is 1.59 bits per heavy atom. The number of carbonyl (C=O) groups excluding carboxylic acids is 1. The van der Waals surface area contributed by atoms with Crippen molar-refractivity contribution in [1.29, 1.82) is 0 Å². The Hall–Kier alpha value is -5.07. The molecule has 51 heavy (non-hydrogen) atoms. The van der Waals surface area contributed by atoms with E-state index in [0.29, 0.717) is 6.54 Å². The van der Waals surface area contributed by atoms with Gasteiger partial charge in [0.2, 0.25) is 0 Å². The Kier molecular flexibility index (Phi) is 7.69. The maximum Gasteiger partial charge on any atom is 0.178 e. The molecule has 0 aromatic heterocycles. The monoisotopic (exact) mass is 676 g/mol. The summed E-state index contributed by atoms with van der Waals surface area (Å²) in [4.78, 5) is 16.7. The minimum Gasteiger partial charge on any atom is -0.495 e. The Morgan fingerprint density at radius 1 is 0.843 bits per heavy atom. The van der Waals surface area contributed by atoms with Crippen LogP contribution in [0.1, 0.15) is 54.5 Å². The van der Waals surface area contributed by atoms with E-state index in [0.717, 1.165) is 96.6 Å². The first-order chi connectivity index (χ1) is 24.9. The number of hydrogen-bond acceptors (Lipinski definition) is 6. The van der Waals surface area contributed by atoms with Gasteiger partial charge in [0.15, 0.2) is 5.60 Å². The molecule has 1 aliphatic carbocycles. The van der Waals surface area contributed by atoms with Crippen LogP contribution in [-0.2, 0) is 20.5 Å². The Balaban J connectivity index is 1.28. The predicted octanol–water partition coefficient (Wildman–Crippen LogP) is 8.76. The normalized spacial score (nSPS) is 21.8. The number of carbonyl (C=O) groups is 1. The summed E-state index contributed by atoms with van der Waals surface area (Å²) in [5, 5.41) is 2.17. The average molecular weight is 677 g/mol. The van der Waals surface area contributed by atoms with E-state index in [-0.39, 0.29) is 11.3 Å². The SMILES string of the molecule is COc1cc2c3c(c4c(c2cc1N1CCCC(C=O)C1)-c1ccccc1C4(C)C)C=CC(c1ccccc1)(c1ccc(N2CCOCC2)cc1)O3. The topological polar surface area (TPSA) is 51.2 Å². The van der Waals surface area contributed by atoms with E-state index >= 15 is 0 Å². The van der Waals surface area contributed by atoms with Gasteiger partial charge in [-0.2, -0.15) is 0 Å². The number of morpholine rings is 1. The number of fused-ring (bicyclic) bond motifs is 8. The maximum absolute atomic E-state index is 11.9. The van der Waals surface area contributed by atoms with Crippen LogP contribution in [-0.4, -0.2) is 52.8 Å². The molecule has 3 aliphatic heterocycles. The van der Waals surface area contributed by atoms with Crippen molar-refractivity contribution < 1.29 is 19.0 Å². The van der Waals surface area contributed by atoms with Crippen LogP contribution in [0, 0.1) is 5.92 Å². The van der Waals surface area contributed by atoms with Crippen molar-refractivity contribution in [1.82, 2.24) is 0 Å². The molecule has 0 radical (unpaired) electrons. The summed E-state index contributed by atoms with van der Waals surface area (Å²) in [6, 6.07) is 32.8. The predicted molar refractivity (Wildman–Crippen MR) is 205 cm³/mol. The van der Waals surface area contributed by atoms with Gasteiger partial charge >= 0.3 is 0 Å². The average Bonchev–Trinajstić information content (AvgIpc) is 3.44. The molecule has 2 fully saturated rings. The van der Waals surface area contributed by atoms with E-state index in [2.05, 4.69) is 127 Å². The minimum atomic E-state index is -0.857. The number of hydrogen-bond donors (Lipinski definition) is 0. The van der Waals surface area contributed by atoms with Crippen molar-refractivity contribution >= 4 is 34.5 Å². The molecule has 2 atom stereocenters. The lowest BCUT2D eigenvalue weighted by molar-refractivity contribution is -0.111. The van der Waals surface area contributed by atoms with Gasteiger partial charge in [-0.15, -0.1) is 0 Å². The molecule has 2 unspecified atom stereocenters. The zero-order valence-electron chi connectivity index (χ0n) is 29.7. The van der Waals surface area contributed by atoms with Crippen LogP contribution in [0.3, 0.4) is 0 Å². The molecule has 258 valence electrons. The number of aldehydes is 1. The lowest BCUT2D eigenvalue weighted by Gasteiger charge is -2.39. The van der Waals surface area contributed by atoms with Crippen molar-refractivity contribution in [3.63, 3.8) is 0 Å². The summed E-state index contributed by atoms with van der Waals surface area (Å²) < 4.78 is 19.4. The fourth-order valence-electron chi connectivity index (χ4n) is 9.12. The zero-order valence-corrected chi connectivity index (χ0v) is 29.7. The summed E-state index contributed by atoms with van der Waals surface area (Å²) >= 11 is 0. The van der Waals surface area contributed by atoms with Gasteiger partial charge in [0, 0.05) is 65.3 Å². The highest BCUT2D eigenvalue weighted by atomic mass is 16.5. The number of anilines is 2. The van der Waals surface area contributed by atoms with Crippen LogP contribution >= 0.6 is 0 Å². The molecular weight excluding hydrogens is 633 g/mol. The lowest BCUT2D eigenvalue weighted by Crippen LogP contribution is -2.37. The summed E-state index contributed by atoms with van der Waals surface area (Å²) in [6.45, 7) is 9.52. The van der Waals surface area contributed by atoms with Gasteiger partial charge in [0.1, 0.15) is 17.8 Å². The quantitative estimate of drug-likeness (QED) is 0.168. The molecule has 9 rings (SSSR count). The van der Waals surface area contributed by atoms with Crippen LogP contribution in [0.4, 0.5) is 11.4 Å². The fourth-order valence-corrected chi connectivity index (χ4v) is 9.12. The Bertz CT molecular complexity index is 2170. The maximum atomic E-state index is 11.9. The first kappa shape index (κ1) is 31.9. The van der Waals surface area contributed by atoms with Crippen LogP contribution in [0.2, 0.25) is 0 Å². The Morgan fingerprint density at radius 3 is 2.35 bits per heavy atom. The second kappa shape index (κ2) is 12.3. The molecule has 6 nitrogen and oxygen atoms in total. The number of rotatable bonds is 6. The van der Waals surface area contributed by atoms with Crippen molar-refractivity contribution in [3.8, 4) is 22.6 Å². The third-order valence-electron chi connectivity index (χ3n) is 11.7. The summed E-state index contributed by atoms with van der Waals surface area (Å²) in [5.41, 5.74) is 9.49. The number of ether oxygens (including phenoxy) is 3. The molecule has 3 heterocycles. The highest BCUT2D eigenvalue weighted by Crippen LogP contribution is 2.59. The van der Waals surface area contributed by atoms with E-state index in [1.165, 1.54) is 27.9 Å². The highest BCUT2D eigenvalue weighted by molar-refractivity contribution is 6.10. The van der Waals surface area contributed by atoms with E-state index < -0.39 is 5.60 Å². The van der Waals surface area contributed by atoms with Gasteiger partial charge < -0.3 is 28.8 Å². The second-order valence-corrected chi connectivity index (χ2v) is 14.9. The van der Waals surface area contributed by atoms with Crippen LogP contribution < -0.4 is 19.3 Å². The molecule has 0 amide bonds. The lowest BCUT2D eigenvalue weighted by atomic mass is 9.76. The Labute approximate surface area is 300 Å². The van der Waals surface area contributed by atoms with Crippen molar-refractivity contribution in [2.24, 2.45) is 5.92 Å². The van der Waals surface area contributed by atoms with Crippen LogP contribution in [0.5, 0.6) is 11.5 Å². The minimum absolute atomic E-state index is 0.0163. The molecule has 0 bridgehead atoms. The smallest absolute Gasteiger partial charge is 0.178 e. The molecule has 6 heteroatoms. The molecule has 5 aromatic rings. The summed E-state index contributed by atoms with van der Waals surface area (Å²) in [5.74, 6) is 1.67. The molecule has 4 aliphatic rings. The first-order valence-corrected chi connectivity index (χ1v) is 18.3. The largest absolute Gasteiger partial charge is 0.495 e. The number of nitrogens with zero attached hydrogens (tertiary/aromatic N) is 2. The van der Waals surface area contributed by atoms with Crippen molar-refractivity contribution in [2.45, 2.75) is 37.7 Å². The van der Waals surface area contributed by atoms with Gasteiger partial charge in [-0.3, -0.25) is 0 Å². The molecular formula is C45H44N2O4. The fraction of sp³-hybridized carbons (Fsp3) is 0.311. The highest BCUT2D eigenvalue weighted by Gasteiger charge is 2.44. The number of methoxy groups -OCH3 is 1. The zero-order chi connectivity index (χ0) is 34.7. The number of piperidine rings is 1. The van der Waals surface area contributed by atoms with Crippen molar-refractivity contribution in [3.05, 3.63) is 125 Å². The van der Waals surface area contributed by atoms with Gasteiger partial charge in [-0.05, 0) is 70.8 Å². The van der Waals surface area contributed by atoms with Crippen LogP contribution in [0.25, 0.3) is 28.0 Å².